The largest absolute Gasteiger partial charge is 0.479 e. The van der Waals surface area contributed by atoms with Crippen LogP contribution in [0.3, 0.4) is 0 Å². The maximum atomic E-state index is 12.9. The SMILES string of the molecule is CN(C)c1cccc2c(S(=O)(=O)NCCCCCCCCCC[N+](C)(C)C)cccc12.O=C(O)[C@H](O)[C@@H](O)C(=O)O. The van der Waals surface area contributed by atoms with Gasteiger partial charge in [0.25, 0.3) is 0 Å². The van der Waals surface area contributed by atoms with Crippen LogP contribution in [0.2, 0.25) is 0 Å². The molecule has 0 bridgehead atoms. The van der Waals surface area contributed by atoms with E-state index in [1.54, 1.807) is 6.07 Å². The Bertz CT molecular complexity index is 1190. The van der Waals surface area contributed by atoms with E-state index in [2.05, 4.69) is 25.9 Å². The van der Waals surface area contributed by atoms with Crippen LogP contribution in [0.4, 0.5) is 5.69 Å². The van der Waals surface area contributed by atoms with Gasteiger partial charge in [-0.05, 0) is 31.4 Å². The molecule has 2 aromatic rings. The number of aliphatic hydroxyl groups excluding tert-OH is 2. The van der Waals surface area contributed by atoms with E-state index in [9.17, 15) is 18.0 Å². The molecule has 0 aliphatic rings. The highest BCUT2D eigenvalue weighted by molar-refractivity contribution is 7.89. The van der Waals surface area contributed by atoms with Gasteiger partial charge in [0, 0.05) is 37.1 Å². The smallest absolute Gasteiger partial charge is 0.335 e. The number of carbonyl (C=O) groups is 2. The molecule has 0 fully saturated rings. The Morgan fingerprint density at radius 2 is 1.24 bits per heavy atom. The Hall–Kier alpha value is -2.77. The molecular formula is C29H48N3O8S+. The highest BCUT2D eigenvalue weighted by atomic mass is 32.2. The Labute approximate surface area is 244 Å². The monoisotopic (exact) mass is 598 g/mol. The predicted molar refractivity (Wildman–Crippen MR) is 161 cm³/mol. The van der Waals surface area contributed by atoms with Crippen molar-refractivity contribution in [1.82, 2.24) is 4.72 Å². The lowest BCUT2D eigenvalue weighted by Gasteiger charge is -2.23. The normalized spacial score (nSPS) is 13.2. The number of aliphatic hydroxyl groups is 2. The van der Waals surface area contributed by atoms with E-state index in [1.165, 1.54) is 45.1 Å². The zero-order chi connectivity index (χ0) is 31.2. The van der Waals surface area contributed by atoms with Gasteiger partial charge in [0.05, 0.1) is 32.6 Å². The number of sulfonamides is 1. The Morgan fingerprint density at radius 1 is 0.780 bits per heavy atom. The molecule has 0 saturated carbocycles. The van der Waals surface area contributed by atoms with Crippen molar-refractivity contribution in [3.8, 4) is 0 Å². The van der Waals surface area contributed by atoms with Crippen LogP contribution < -0.4 is 9.62 Å². The van der Waals surface area contributed by atoms with E-state index in [1.807, 2.05) is 49.3 Å². The van der Waals surface area contributed by atoms with Crippen LogP contribution in [-0.4, -0.2) is 106 Å². The third-order valence-corrected chi connectivity index (χ3v) is 8.00. The number of fused-ring (bicyclic) bond motifs is 1. The Kier molecular flexibility index (Phi) is 15.3. The molecule has 0 aliphatic carbocycles. The van der Waals surface area contributed by atoms with Crippen LogP contribution in [-0.2, 0) is 19.6 Å². The van der Waals surface area contributed by atoms with Crippen molar-refractivity contribution in [2.75, 3.05) is 53.2 Å². The van der Waals surface area contributed by atoms with Gasteiger partial charge in [0.1, 0.15) is 0 Å². The Balaban J connectivity index is 0.000000716. The van der Waals surface area contributed by atoms with Gasteiger partial charge in [-0.1, -0.05) is 56.4 Å². The summed E-state index contributed by atoms with van der Waals surface area (Å²) in [5, 5.41) is 34.3. The molecule has 2 atom stereocenters. The molecule has 0 aromatic heterocycles. The maximum absolute atomic E-state index is 12.9. The third kappa shape index (κ3) is 13.2. The molecule has 0 heterocycles. The van der Waals surface area contributed by atoms with E-state index in [0.29, 0.717) is 11.4 Å². The Morgan fingerprint density at radius 3 is 1.73 bits per heavy atom. The molecule has 2 aromatic carbocycles. The summed E-state index contributed by atoms with van der Waals surface area (Å²) in [5.41, 5.74) is 1.02. The summed E-state index contributed by atoms with van der Waals surface area (Å²) in [5.74, 6) is -3.54. The van der Waals surface area contributed by atoms with Gasteiger partial charge in [-0.2, -0.15) is 0 Å². The summed E-state index contributed by atoms with van der Waals surface area (Å²) in [4.78, 5) is 21.9. The second kappa shape index (κ2) is 17.2. The number of hydrogen-bond donors (Lipinski definition) is 5. The van der Waals surface area contributed by atoms with Crippen LogP contribution in [0, 0.1) is 0 Å². The van der Waals surface area contributed by atoms with Crippen molar-refractivity contribution < 1.29 is 42.9 Å². The molecule has 0 radical (unpaired) electrons. The molecule has 2 rings (SSSR count). The lowest BCUT2D eigenvalue weighted by molar-refractivity contribution is -0.870. The molecule has 12 heteroatoms. The summed E-state index contributed by atoms with van der Waals surface area (Å²) in [6, 6.07) is 11.3. The zero-order valence-corrected chi connectivity index (χ0v) is 25.7. The molecule has 0 spiro atoms. The van der Waals surface area contributed by atoms with Crippen molar-refractivity contribution in [2.24, 2.45) is 0 Å². The van der Waals surface area contributed by atoms with Gasteiger partial charge in [-0.25, -0.2) is 22.7 Å². The average Bonchev–Trinajstić information content (AvgIpc) is 2.89. The van der Waals surface area contributed by atoms with Crippen LogP contribution in [0.25, 0.3) is 10.8 Å². The van der Waals surface area contributed by atoms with Gasteiger partial charge in [-0.3, -0.25) is 0 Å². The molecule has 11 nitrogen and oxygen atoms in total. The summed E-state index contributed by atoms with van der Waals surface area (Å²) < 4.78 is 29.7. The fraction of sp³-hybridized carbons (Fsp3) is 0.586. The quantitative estimate of drug-likeness (QED) is 0.136. The average molecular weight is 599 g/mol. The number of nitrogens with one attached hydrogen (secondary N) is 1. The number of carboxylic acid groups (broad SMARTS) is 2. The second-order valence-corrected chi connectivity index (χ2v) is 13.1. The van der Waals surface area contributed by atoms with Gasteiger partial charge in [0.2, 0.25) is 10.0 Å². The minimum Gasteiger partial charge on any atom is -0.479 e. The van der Waals surface area contributed by atoms with Gasteiger partial charge < -0.3 is 29.8 Å². The lowest BCUT2D eigenvalue weighted by Crippen LogP contribution is -2.39. The van der Waals surface area contributed by atoms with E-state index in [4.69, 9.17) is 20.4 Å². The molecule has 0 unspecified atom stereocenters. The standard InChI is InChI=1S/C25H42N3O2S.C4H6O6/c1-27(2)24-18-14-17-23-22(24)16-15-19-25(23)31(29,30)26-20-12-10-8-6-7-9-11-13-21-28(3,4)5;5-1(3(7)8)2(6)4(9)10/h14-19,26H,6-13,20-21H2,1-5H3;1-2,5-6H,(H,7,8)(H,9,10)/q+1;/t;1-,2-/m.1/s1. The topological polar surface area (TPSA) is 164 Å². The first kappa shape index (κ1) is 36.3. The summed E-state index contributed by atoms with van der Waals surface area (Å²) >= 11 is 0. The highest BCUT2D eigenvalue weighted by Gasteiger charge is 2.29. The van der Waals surface area contributed by atoms with Crippen LogP contribution in [0.5, 0.6) is 0 Å². The molecule has 0 saturated heterocycles. The minimum atomic E-state index is -3.52. The van der Waals surface area contributed by atoms with Crippen LogP contribution in [0.15, 0.2) is 41.3 Å². The molecule has 0 aliphatic heterocycles. The molecular weight excluding hydrogens is 550 g/mol. The number of benzene rings is 2. The summed E-state index contributed by atoms with van der Waals surface area (Å²) in [7, 11) is 7.16. The summed E-state index contributed by atoms with van der Waals surface area (Å²) in [6.45, 7) is 1.74. The molecule has 232 valence electrons. The third-order valence-electron chi connectivity index (χ3n) is 6.48. The highest BCUT2D eigenvalue weighted by Crippen LogP contribution is 2.30. The van der Waals surface area contributed by atoms with Crippen molar-refractivity contribution in [3.63, 3.8) is 0 Å². The first-order chi connectivity index (χ1) is 19.1. The summed E-state index contributed by atoms with van der Waals surface area (Å²) in [6.07, 6.45) is 5.05. The maximum Gasteiger partial charge on any atom is 0.335 e. The number of unbranched alkanes of at least 4 members (excludes halogenated alkanes) is 7. The van der Waals surface area contributed by atoms with E-state index in [0.717, 1.165) is 33.8 Å². The predicted octanol–water partition coefficient (Wildman–Crippen LogP) is 2.89. The van der Waals surface area contributed by atoms with E-state index < -0.39 is 34.2 Å². The van der Waals surface area contributed by atoms with Gasteiger partial charge in [-0.15, -0.1) is 0 Å². The van der Waals surface area contributed by atoms with Gasteiger partial charge in [0.15, 0.2) is 12.2 Å². The second-order valence-electron chi connectivity index (χ2n) is 11.3. The molecule has 0 amide bonds. The van der Waals surface area contributed by atoms with Crippen molar-refractivity contribution in [2.45, 2.75) is 68.5 Å². The van der Waals surface area contributed by atoms with Crippen LogP contribution >= 0.6 is 0 Å². The number of hydrogen-bond acceptors (Lipinski definition) is 7. The van der Waals surface area contributed by atoms with Crippen molar-refractivity contribution in [1.29, 1.82) is 0 Å². The van der Waals surface area contributed by atoms with Crippen LogP contribution in [0.1, 0.15) is 51.4 Å². The number of carboxylic acids is 2. The minimum absolute atomic E-state index is 0.363. The van der Waals surface area contributed by atoms with E-state index >= 15 is 0 Å². The van der Waals surface area contributed by atoms with Gasteiger partial charge >= 0.3 is 11.9 Å². The number of quaternary nitrogens is 1. The molecule has 41 heavy (non-hydrogen) atoms. The fourth-order valence-electron chi connectivity index (χ4n) is 4.22. The van der Waals surface area contributed by atoms with Crippen molar-refractivity contribution in [3.05, 3.63) is 36.4 Å². The number of rotatable bonds is 17. The number of nitrogens with zero attached hydrogens (tertiary/aromatic N) is 2. The first-order valence-corrected chi connectivity index (χ1v) is 15.4. The fourth-order valence-corrected chi connectivity index (χ4v) is 5.51. The zero-order valence-electron chi connectivity index (χ0n) is 24.9. The molecule has 5 N–H and O–H groups in total. The van der Waals surface area contributed by atoms with Crippen molar-refractivity contribution >= 4 is 38.4 Å². The van der Waals surface area contributed by atoms with E-state index in [-0.39, 0.29) is 0 Å². The number of aliphatic carboxylic acids is 2. The number of anilines is 1. The lowest BCUT2D eigenvalue weighted by atomic mass is 10.1. The first-order valence-electron chi connectivity index (χ1n) is 13.9.